The third kappa shape index (κ3) is 3.98. The van der Waals surface area contributed by atoms with Gasteiger partial charge in [0.25, 0.3) is 0 Å². The summed E-state index contributed by atoms with van der Waals surface area (Å²) in [6.45, 7) is 1.87. The van der Waals surface area contributed by atoms with E-state index in [4.69, 9.17) is 33.7 Å². The Kier molecular flexibility index (Phi) is 5.79. The predicted octanol–water partition coefficient (Wildman–Crippen LogP) is 3.75. The van der Waals surface area contributed by atoms with Gasteiger partial charge in [0.1, 0.15) is 17.9 Å². The molecule has 0 atom stereocenters. The quantitative estimate of drug-likeness (QED) is 0.699. The van der Waals surface area contributed by atoms with Crippen LogP contribution in [0.4, 0.5) is 5.69 Å². The largest absolute Gasteiger partial charge is 0.486 e. The zero-order valence-corrected chi connectivity index (χ0v) is 16.4. The number of aryl methyl sites for hydroxylation is 1. The maximum absolute atomic E-state index is 11.9. The molecule has 2 N–H and O–H groups in total. The molecule has 1 amide bonds. The monoisotopic (exact) mass is 404 g/mol. The topological polar surface area (TPSA) is 81.3 Å². The molecule has 2 aromatic carbocycles. The van der Waals surface area contributed by atoms with Crippen LogP contribution in [0.5, 0.6) is 5.75 Å². The fraction of sp³-hybridized carbons (Fsp3) is 0.211. The van der Waals surface area contributed by atoms with Gasteiger partial charge in [-0.15, -0.1) is 0 Å². The van der Waals surface area contributed by atoms with Crippen molar-refractivity contribution >= 4 is 45.8 Å². The number of likely N-dealkylation sites (N-methyl/N-ethyl adjacent to an activating group) is 1. The van der Waals surface area contributed by atoms with Crippen molar-refractivity contribution in [3.8, 4) is 5.75 Å². The Morgan fingerprint density at radius 3 is 2.78 bits per heavy atom. The van der Waals surface area contributed by atoms with Crippen molar-refractivity contribution in [2.75, 3.05) is 18.5 Å². The highest BCUT2D eigenvalue weighted by atomic mass is 35.5. The maximum atomic E-state index is 11.9. The lowest BCUT2D eigenvalue weighted by molar-refractivity contribution is -0.117. The summed E-state index contributed by atoms with van der Waals surface area (Å²) in [5, 5.41) is 0.786. The number of hydrogen-bond acceptors (Lipinski definition) is 5. The number of halogens is 2. The number of para-hydroxylation sites is 1. The Bertz CT molecular complexity index is 1010. The van der Waals surface area contributed by atoms with Crippen LogP contribution in [0.2, 0.25) is 10.0 Å². The number of fused-ring (bicyclic) bond motifs is 1. The highest BCUT2D eigenvalue weighted by Gasteiger charge is 2.18. The molecule has 0 saturated heterocycles. The second-order valence-electron chi connectivity index (χ2n) is 5.94. The highest BCUT2D eigenvalue weighted by Crippen LogP contribution is 2.35. The van der Waals surface area contributed by atoms with E-state index in [0.29, 0.717) is 32.6 Å². The van der Waals surface area contributed by atoms with E-state index in [1.54, 1.807) is 25.4 Å². The third-order valence-corrected chi connectivity index (χ3v) is 4.88. The van der Waals surface area contributed by atoms with Gasteiger partial charge in [0.2, 0.25) is 5.91 Å². The minimum Gasteiger partial charge on any atom is -0.486 e. The van der Waals surface area contributed by atoms with Crippen LogP contribution in [0.1, 0.15) is 11.3 Å². The van der Waals surface area contributed by atoms with Crippen molar-refractivity contribution in [2.24, 2.45) is 5.73 Å². The highest BCUT2D eigenvalue weighted by molar-refractivity contribution is 6.38. The minimum atomic E-state index is -0.258. The first-order valence-corrected chi connectivity index (χ1v) is 8.96. The summed E-state index contributed by atoms with van der Waals surface area (Å²) in [7, 11) is 1.61. The Labute approximate surface area is 166 Å². The average molecular weight is 405 g/mol. The van der Waals surface area contributed by atoms with Crippen LogP contribution < -0.4 is 15.4 Å². The molecule has 6 nitrogen and oxygen atoms in total. The van der Waals surface area contributed by atoms with Gasteiger partial charge in [0.15, 0.2) is 0 Å². The van der Waals surface area contributed by atoms with Crippen LogP contribution in [0, 0.1) is 6.92 Å². The molecule has 1 aromatic heterocycles. The van der Waals surface area contributed by atoms with Gasteiger partial charge < -0.3 is 15.4 Å². The number of benzene rings is 2. The van der Waals surface area contributed by atoms with E-state index in [1.165, 1.54) is 4.90 Å². The molecule has 0 bridgehead atoms. The van der Waals surface area contributed by atoms with Crippen LogP contribution in [0.3, 0.4) is 0 Å². The summed E-state index contributed by atoms with van der Waals surface area (Å²) in [4.78, 5) is 22.1. The molecule has 0 radical (unpaired) electrons. The first-order chi connectivity index (χ1) is 12.9. The molecular formula is C19H18Cl2N4O2. The molecule has 0 unspecified atom stereocenters. The summed E-state index contributed by atoms with van der Waals surface area (Å²) in [6, 6.07) is 8.87. The smallest absolute Gasteiger partial charge is 0.240 e. The van der Waals surface area contributed by atoms with Crippen LogP contribution in [0.15, 0.2) is 36.5 Å². The molecule has 1 heterocycles. The molecule has 27 heavy (non-hydrogen) atoms. The number of carbonyl (C=O) groups excluding carboxylic acids is 1. The SMILES string of the molecule is Cc1cnc2cccc(OCc3c(Cl)ccc(N(C)C(=O)CN)c3Cl)c2n1. The van der Waals surface area contributed by atoms with E-state index in [-0.39, 0.29) is 19.1 Å². The van der Waals surface area contributed by atoms with Crippen molar-refractivity contribution in [2.45, 2.75) is 13.5 Å². The van der Waals surface area contributed by atoms with E-state index in [9.17, 15) is 4.79 Å². The van der Waals surface area contributed by atoms with Gasteiger partial charge in [-0.25, -0.2) is 4.98 Å². The van der Waals surface area contributed by atoms with Gasteiger partial charge >= 0.3 is 0 Å². The number of aromatic nitrogens is 2. The zero-order chi connectivity index (χ0) is 19.6. The number of nitrogens with zero attached hydrogens (tertiary/aromatic N) is 3. The Balaban J connectivity index is 1.93. The summed E-state index contributed by atoms with van der Waals surface area (Å²) >= 11 is 12.8. The van der Waals surface area contributed by atoms with Crippen LogP contribution in [-0.2, 0) is 11.4 Å². The van der Waals surface area contributed by atoms with Crippen LogP contribution in [0.25, 0.3) is 11.0 Å². The number of amides is 1. The molecular weight excluding hydrogens is 387 g/mol. The number of ether oxygens (including phenoxy) is 1. The molecule has 8 heteroatoms. The average Bonchev–Trinajstić information content (AvgIpc) is 2.67. The second kappa shape index (κ2) is 8.08. The molecule has 3 rings (SSSR count). The summed E-state index contributed by atoms with van der Waals surface area (Å²) in [6.07, 6.45) is 1.70. The van der Waals surface area contributed by atoms with E-state index in [1.807, 2.05) is 25.1 Å². The Morgan fingerprint density at radius 1 is 1.26 bits per heavy atom. The first-order valence-electron chi connectivity index (χ1n) is 8.21. The lowest BCUT2D eigenvalue weighted by Gasteiger charge is -2.20. The normalized spacial score (nSPS) is 10.9. The lowest BCUT2D eigenvalue weighted by Crippen LogP contribution is -2.32. The number of carbonyl (C=O) groups is 1. The van der Waals surface area contributed by atoms with Gasteiger partial charge in [0.05, 0.1) is 28.5 Å². The van der Waals surface area contributed by atoms with Gasteiger partial charge in [0, 0.05) is 23.8 Å². The fourth-order valence-corrected chi connectivity index (χ4v) is 3.22. The van der Waals surface area contributed by atoms with Gasteiger partial charge in [-0.05, 0) is 31.2 Å². The number of nitrogens with two attached hydrogens (primary N) is 1. The van der Waals surface area contributed by atoms with Crippen molar-refractivity contribution in [3.05, 3.63) is 57.8 Å². The zero-order valence-electron chi connectivity index (χ0n) is 14.9. The lowest BCUT2D eigenvalue weighted by atomic mass is 10.2. The summed E-state index contributed by atoms with van der Waals surface area (Å²) in [5.41, 5.74) is 8.71. The van der Waals surface area contributed by atoms with Crippen molar-refractivity contribution < 1.29 is 9.53 Å². The Hall–Kier alpha value is -2.41. The van der Waals surface area contributed by atoms with Crippen LogP contribution >= 0.6 is 23.2 Å². The van der Waals surface area contributed by atoms with Crippen LogP contribution in [-0.4, -0.2) is 29.5 Å². The van der Waals surface area contributed by atoms with E-state index < -0.39 is 0 Å². The van der Waals surface area contributed by atoms with E-state index >= 15 is 0 Å². The summed E-state index contributed by atoms with van der Waals surface area (Å²) < 4.78 is 5.94. The molecule has 0 fully saturated rings. The molecule has 0 saturated carbocycles. The number of hydrogen-bond donors (Lipinski definition) is 1. The van der Waals surface area contributed by atoms with E-state index in [0.717, 1.165) is 11.2 Å². The molecule has 0 aliphatic heterocycles. The molecule has 3 aromatic rings. The Morgan fingerprint density at radius 2 is 2.04 bits per heavy atom. The maximum Gasteiger partial charge on any atom is 0.240 e. The third-order valence-electron chi connectivity index (χ3n) is 4.10. The molecule has 0 aliphatic carbocycles. The minimum absolute atomic E-state index is 0.116. The van der Waals surface area contributed by atoms with Crippen molar-refractivity contribution in [1.29, 1.82) is 0 Å². The van der Waals surface area contributed by atoms with E-state index in [2.05, 4.69) is 9.97 Å². The van der Waals surface area contributed by atoms with Gasteiger partial charge in [-0.2, -0.15) is 0 Å². The molecule has 0 spiro atoms. The molecule has 140 valence electrons. The predicted molar refractivity (Wildman–Crippen MR) is 108 cm³/mol. The number of rotatable bonds is 5. The molecule has 0 aliphatic rings. The standard InChI is InChI=1S/C19H18Cl2N4O2/c1-11-9-23-14-4-3-5-16(19(14)24-11)27-10-12-13(20)6-7-15(18(12)21)25(2)17(26)8-22/h3-7,9H,8,10,22H2,1-2H3. The summed E-state index contributed by atoms with van der Waals surface area (Å²) in [5.74, 6) is 0.318. The van der Waals surface area contributed by atoms with Gasteiger partial charge in [-0.3, -0.25) is 9.78 Å². The first kappa shape index (κ1) is 19.4. The second-order valence-corrected chi connectivity index (χ2v) is 6.73. The fourth-order valence-electron chi connectivity index (χ4n) is 2.61. The van der Waals surface area contributed by atoms with Crippen molar-refractivity contribution in [3.63, 3.8) is 0 Å². The van der Waals surface area contributed by atoms with Gasteiger partial charge in [-0.1, -0.05) is 29.3 Å². The number of anilines is 1. The van der Waals surface area contributed by atoms with Crippen molar-refractivity contribution in [1.82, 2.24) is 9.97 Å².